The van der Waals surface area contributed by atoms with Crippen LogP contribution in [0, 0.1) is 5.92 Å². The zero-order chi connectivity index (χ0) is 10.2. The molecule has 1 unspecified atom stereocenters. The summed E-state index contributed by atoms with van der Waals surface area (Å²) < 4.78 is 5.33. The zero-order valence-electron chi connectivity index (χ0n) is 8.50. The summed E-state index contributed by atoms with van der Waals surface area (Å²) in [4.78, 5) is 10.2. The first-order chi connectivity index (χ1) is 6.79. The smallest absolute Gasteiger partial charge is 0.305 e. The third-order valence-electron chi connectivity index (χ3n) is 2.51. The summed E-state index contributed by atoms with van der Waals surface area (Å²) in [7, 11) is 0. The first kappa shape index (κ1) is 11.5. The first-order valence-corrected chi connectivity index (χ1v) is 5.29. The molecule has 0 amide bonds. The van der Waals surface area contributed by atoms with E-state index in [-0.39, 0.29) is 6.42 Å². The molecule has 0 aromatic carbocycles. The van der Waals surface area contributed by atoms with Crippen LogP contribution in [0.2, 0.25) is 0 Å². The zero-order valence-corrected chi connectivity index (χ0v) is 8.50. The maximum atomic E-state index is 10.2. The summed E-state index contributed by atoms with van der Waals surface area (Å²) >= 11 is 0. The van der Waals surface area contributed by atoms with Gasteiger partial charge in [-0.25, -0.2) is 0 Å². The van der Waals surface area contributed by atoms with Crippen molar-refractivity contribution in [1.29, 1.82) is 0 Å². The van der Waals surface area contributed by atoms with E-state index in [1.807, 2.05) is 0 Å². The molecule has 4 nitrogen and oxygen atoms in total. The molecule has 0 spiro atoms. The van der Waals surface area contributed by atoms with Crippen molar-refractivity contribution in [3.8, 4) is 0 Å². The highest BCUT2D eigenvalue weighted by Crippen LogP contribution is 2.13. The third kappa shape index (κ3) is 5.19. The van der Waals surface area contributed by atoms with E-state index in [9.17, 15) is 4.79 Å². The molecular weight excluding hydrogens is 182 g/mol. The molecule has 1 atom stereocenters. The molecular formula is C10H19NO3. The van der Waals surface area contributed by atoms with Gasteiger partial charge < -0.3 is 15.2 Å². The average Bonchev–Trinajstić information content (AvgIpc) is 2.40. The standard InChI is InChI=1S/C10H19NO3/c12-10(13)4-7-14-8-9-2-1-5-11-6-3-9/h9,11H,1-8H2,(H,12,13). The predicted molar refractivity (Wildman–Crippen MR) is 53.3 cm³/mol. The number of rotatable bonds is 5. The molecule has 0 radical (unpaired) electrons. The SMILES string of the molecule is O=C(O)CCOCC1CCCNCC1. The number of ether oxygens (including phenoxy) is 1. The number of carboxylic acid groups (broad SMARTS) is 1. The lowest BCUT2D eigenvalue weighted by Crippen LogP contribution is -2.16. The molecule has 1 fully saturated rings. The van der Waals surface area contributed by atoms with Crippen LogP contribution in [0.25, 0.3) is 0 Å². The van der Waals surface area contributed by atoms with E-state index in [4.69, 9.17) is 9.84 Å². The molecule has 0 aromatic heterocycles. The molecule has 1 rings (SSSR count). The highest BCUT2D eigenvalue weighted by Gasteiger charge is 2.11. The number of aliphatic carboxylic acids is 1. The number of hydrogen-bond donors (Lipinski definition) is 2. The van der Waals surface area contributed by atoms with Crippen molar-refractivity contribution in [3.05, 3.63) is 0 Å². The van der Waals surface area contributed by atoms with Gasteiger partial charge in [0.1, 0.15) is 0 Å². The second-order valence-electron chi connectivity index (χ2n) is 3.77. The third-order valence-corrected chi connectivity index (χ3v) is 2.51. The van der Waals surface area contributed by atoms with E-state index in [2.05, 4.69) is 5.32 Å². The minimum atomic E-state index is -0.785. The molecule has 14 heavy (non-hydrogen) atoms. The van der Waals surface area contributed by atoms with Crippen LogP contribution >= 0.6 is 0 Å². The van der Waals surface area contributed by atoms with Crippen LogP contribution in [0.3, 0.4) is 0 Å². The number of nitrogens with one attached hydrogen (secondary N) is 1. The Hall–Kier alpha value is -0.610. The fourth-order valence-corrected chi connectivity index (χ4v) is 1.67. The average molecular weight is 201 g/mol. The van der Waals surface area contributed by atoms with Gasteiger partial charge in [-0.3, -0.25) is 4.79 Å². The van der Waals surface area contributed by atoms with Gasteiger partial charge in [0.05, 0.1) is 13.0 Å². The molecule has 1 heterocycles. The van der Waals surface area contributed by atoms with Gasteiger partial charge in [0.2, 0.25) is 0 Å². The van der Waals surface area contributed by atoms with Crippen molar-refractivity contribution in [2.45, 2.75) is 25.7 Å². The summed E-state index contributed by atoms with van der Waals surface area (Å²) in [5.41, 5.74) is 0. The molecule has 1 saturated heterocycles. The molecule has 0 saturated carbocycles. The van der Waals surface area contributed by atoms with Gasteiger partial charge >= 0.3 is 5.97 Å². The number of carbonyl (C=O) groups is 1. The van der Waals surface area contributed by atoms with Crippen LogP contribution in [0.1, 0.15) is 25.7 Å². The van der Waals surface area contributed by atoms with Gasteiger partial charge in [-0.15, -0.1) is 0 Å². The molecule has 1 aliphatic rings. The highest BCUT2D eigenvalue weighted by atomic mass is 16.5. The van der Waals surface area contributed by atoms with E-state index in [0.29, 0.717) is 12.5 Å². The van der Waals surface area contributed by atoms with Crippen LogP contribution in [-0.2, 0) is 9.53 Å². The summed E-state index contributed by atoms with van der Waals surface area (Å²) in [5, 5.41) is 11.7. The Morgan fingerprint density at radius 3 is 3.07 bits per heavy atom. The number of carboxylic acids is 1. The first-order valence-electron chi connectivity index (χ1n) is 5.29. The Kier molecular flexibility index (Phi) is 5.56. The maximum Gasteiger partial charge on any atom is 0.305 e. The maximum absolute atomic E-state index is 10.2. The van der Waals surface area contributed by atoms with E-state index >= 15 is 0 Å². The lowest BCUT2D eigenvalue weighted by atomic mass is 10.0. The van der Waals surface area contributed by atoms with Crippen LogP contribution in [-0.4, -0.2) is 37.4 Å². The molecule has 1 aliphatic heterocycles. The second-order valence-corrected chi connectivity index (χ2v) is 3.77. The minimum Gasteiger partial charge on any atom is -0.481 e. The monoisotopic (exact) mass is 201 g/mol. The Morgan fingerprint density at radius 2 is 2.29 bits per heavy atom. The van der Waals surface area contributed by atoms with Crippen LogP contribution < -0.4 is 5.32 Å². The van der Waals surface area contributed by atoms with Gasteiger partial charge in [-0.05, 0) is 38.3 Å². The molecule has 4 heteroatoms. The lowest BCUT2D eigenvalue weighted by Gasteiger charge is -2.13. The molecule has 0 aliphatic carbocycles. The Morgan fingerprint density at radius 1 is 1.43 bits per heavy atom. The van der Waals surface area contributed by atoms with Crippen LogP contribution in [0.5, 0.6) is 0 Å². The summed E-state index contributed by atoms with van der Waals surface area (Å²) in [6, 6.07) is 0. The lowest BCUT2D eigenvalue weighted by molar-refractivity contribution is -0.138. The van der Waals surface area contributed by atoms with Crippen molar-refractivity contribution in [2.24, 2.45) is 5.92 Å². The van der Waals surface area contributed by atoms with Crippen molar-refractivity contribution in [2.75, 3.05) is 26.3 Å². The molecule has 0 aromatic rings. The van der Waals surface area contributed by atoms with Crippen molar-refractivity contribution in [1.82, 2.24) is 5.32 Å². The fraction of sp³-hybridized carbons (Fsp3) is 0.900. The topological polar surface area (TPSA) is 58.6 Å². The van der Waals surface area contributed by atoms with Crippen LogP contribution in [0.15, 0.2) is 0 Å². The van der Waals surface area contributed by atoms with E-state index in [1.165, 1.54) is 12.8 Å². The Bertz CT molecular complexity index is 165. The quantitative estimate of drug-likeness (QED) is 0.648. The van der Waals surface area contributed by atoms with Crippen LogP contribution in [0.4, 0.5) is 0 Å². The van der Waals surface area contributed by atoms with E-state index < -0.39 is 5.97 Å². The van der Waals surface area contributed by atoms with Gasteiger partial charge in [0, 0.05) is 6.61 Å². The Balaban J connectivity index is 2.01. The normalized spacial score (nSPS) is 23.0. The predicted octanol–water partition coefficient (Wildman–Crippen LogP) is 0.867. The van der Waals surface area contributed by atoms with Gasteiger partial charge in [-0.1, -0.05) is 0 Å². The molecule has 82 valence electrons. The van der Waals surface area contributed by atoms with Crippen molar-refractivity contribution < 1.29 is 14.6 Å². The van der Waals surface area contributed by atoms with E-state index in [1.54, 1.807) is 0 Å². The van der Waals surface area contributed by atoms with Crippen molar-refractivity contribution in [3.63, 3.8) is 0 Å². The molecule has 0 bridgehead atoms. The fourth-order valence-electron chi connectivity index (χ4n) is 1.67. The minimum absolute atomic E-state index is 0.116. The summed E-state index contributed by atoms with van der Waals surface area (Å²) in [6.45, 7) is 3.23. The largest absolute Gasteiger partial charge is 0.481 e. The molecule has 2 N–H and O–H groups in total. The Labute approximate surface area is 84.6 Å². The summed E-state index contributed by atoms with van der Waals surface area (Å²) in [6.07, 6.45) is 3.66. The van der Waals surface area contributed by atoms with Gasteiger partial charge in [0.25, 0.3) is 0 Å². The van der Waals surface area contributed by atoms with Gasteiger partial charge in [0.15, 0.2) is 0 Å². The van der Waals surface area contributed by atoms with Crippen molar-refractivity contribution >= 4 is 5.97 Å². The summed E-state index contributed by atoms with van der Waals surface area (Å²) in [5.74, 6) is -0.175. The second kappa shape index (κ2) is 6.79. The number of hydrogen-bond acceptors (Lipinski definition) is 3. The highest BCUT2D eigenvalue weighted by molar-refractivity contribution is 5.66. The van der Waals surface area contributed by atoms with Gasteiger partial charge in [-0.2, -0.15) is 0 Å². The van der Waals surface area contributed by atoms with E-state index in [0.717, 1.165) is 26.1 Å².